The van der Waals surface area contributed by atoms with Crippen molar-refractivity contribution in [2.24, 2.45) is 21.6 Å². The lowest BCUT2D eigenvalue weighted by atomic mass is 9.55. The van der Waals surface area contributed by atoms with Crippen molar-refractivity contribution in [1.82, 2.24) is 5.32 Å². The molecule has 1 aromatic carbocycles. The molecule has 0 amide bonds. The first kappa shape index (κ1) is 24.6. The van der Waals surface area contributed by atoms with Crippen molar-refractivity contribution in [1.29, 1.82) is 10.5 Å². The van der Waals surface area contributed by atoms with E-state index in [1.807, 2.05) is 44.2 Å². The lowest BCUT2D eigenvalue weighted by Gasteiger charge is -2.52. The van der Waals surface area contributed by atoms with E-state index in [4.69, 9.17) is 10.7 Å². The highest BCUT2D eigenvalue weighted by atomic mass is 32.2. The van der Waals surface area contributed by atoms with Gasteiger partial charge in [0.25, 0.3) is 0 Å². The lowest BCUT2D eigenvalue weighted by molar-refractivity contribution is 0.200. The number of unbranched alkanes of at least 4 members (excludes halogenated alkanes) is 2. The predicted octanol–water partition coefficient (Wildman–Crippen LogP) is 5.74. The van der Waals surface area contributed by atoms with Gasteiger partial charge in [-0.2, -0.15) is 10.5 Å². The van der Waals surface area contributed by atoms with Crippen LogP contribution < -0.4 is 11.1 Å². The molecule has 0 unspecified atom stereocenters. The van der Waals surface area contributed by atoms with Gasteiger partial charge in [0.05, 0.1) is 18.2 Å². The molecule has 0 aromatic heterocycles. The Labute approximate surface area is 200 Å². The molecule has 2 aliphatic heterocycles. The first-order valence-corrected chi connectivity index (χ1v) is 13.3. The van der Waals surface area contributed by atoms with Gasteiger partial charge < -0.3 is 11.1 Å². The van der Waals surface area contributed by atoms with Gasteiger partial charge in [0.15, 0.2) is 15.0 Å². The summed E-state index contributed by atoms with van der Waals surface area (Å²) in [5.74, 6) is 2.00. The summed E-state index contributed by atoms with van der Waals surface area (Å²) in [6.45, 7) is 8.30. The molecule has 7 heteroatoms. The number of amidine groups is 1. The third-order valence-electron chi connectivity index (χ3n) is 6.72. The smallest absolute Gasteiger partial charge is 0.178 e. The topological polar surface area (TPSA) is 98.0 Å². The second kappa shape index (κ2) is 9.81. The van der Waals surface area contributed by atoms with Crippen LogP contribution in [0.3, 0.4) is 0 Å². The van der Waals surface area contributed by atoms with Crippen LogP contribution in [-0.2, 0) is 0 Å². The highest BCUT2D eigenvalue weighted by molar-refractivity contribution is 8.18. The Bertz CT molecular complexity index is 964. The molecule has 0 saturated carbocycles. The van der Waals surface area contributed by atoms with Crippen LogP contribution in [0.1, 0.15) is 65.0 Å². The Morgan fingerprint density at radius 2 is 1.62 bits per heavy atom. The maximum absolute atomic E-state index is 10.9. The fraction of sp³-hybridized carbons (Fsp3) is 0.560. The van der Waals surface area contributed by atoms with Crippen LogP contribution in [-0.4, -0.2) is 21.5 Å². The SMILES string of the molecule is CCCCSC1(SCCCC)N=C(N)[C@]2(C#N)[C@@H](c3ccccc3)NC(C)=C(C)[C@]12C#N. The van der Waals surface area contributed by atoms with Crippen molar-refractivity contribution in [2.75, 3.05) is 11.5 Å². The van der Waals surface area contributed by atoms with E-state index in [2.05, 4.69) is 31.3 Å². The van der Waals surface area contributed by atoms with Gasteiger partial charge in [0, 0.05) is 5.70 Å². The van der Waals surface area contributed by atoms with Crippen molar-refractivity contribution >= 4 is 29.4 Å². The molecule has 3 atom stereocenters. The second-order valence-electron chi connectivity index (χ2n) is 8.50. The number of nitrogens with two attached hydrogens (primary N) is 1. The van der Waals surface area contributed by atoms with Gasteiger partial charge in [-0.15, -0.1) is 23.5 Å². The molecule has 3 rings (SSSR count). The molecule has 0 radical (unpaired) electrons. The third kappa shape index (κ3) is 3.42. The number of thioether (sulfide) groups is 2. The summed E-state index contributed by atoms with van der Waals surface area (Å²) in [5.41, 5.74) is 6.95. The quantitative estimate of drug-likeness (QED) is 0.355. The fourth-order valence-corrected chi connectivity index (χ4v) is 8.57. The Balaban J connectivity index is 2.30. The highest BCUT2D eigenvalue weighted by Gasteiger charge is 2.76. The van der Waals surface area contributed by atoms with E-state index in [1.54, 1.807) is 23.5 Å². The van der Waals surface area contributed by atoms with E-state index in [0.29, 0.717) is 0 Å². The Morgan fingerprint density at radius 1 is 1.03 bits per heavy atom. The number of rotatable bonds is 9. The van der Waals surface area contributed by atoms with Gasteiger partial charge >= 0.3 is 0 Å². The number of hydrogen-bond acceptors (Lipinski definition) is 7. The molecule has 0 bridgehead atoms. The number of aliphatic imine (C=N–C) groups is 1. The minimum atomic E-state index is -1.30. The Morgan fingerprint density at radius 3 is 2.12 bits per heavy atom. The first-order chi connectivity index (χ1) is 15.4. The highest BCUT2D eigenvalue weighted by Crippen LogP contribution is 2.71. The molecule has 0 aliphatic carbocycles. The molecule has 0 saturated heterocycles. The Hall–Kier alpha value is -2.09. The van der Waals surface area contributed by atoms with Crippen LogP contribution in [0.4, 0.5) is 0 Å². The Kier molecular flexibility index (Phi) is 7.53. The summed E-state index contributed by atoms with van der Waals surface area (Å²) in [4.78, 5) is 5.06. The molecule has 32 heavy (non-hydrogen) atoms. The van der Waals surface area contributed by atoms with Gasteiger partial charge in [-0.05, 0) is 49.3 Å². The van der Waals surface area contributed by atoms with Crippen LogP contribution in [0.25, 0.3) is 0 Å². The van der Waals surface area contributed by atoms with E-state index in [9.17, 15) is 10.5 Å². The standard InChI is InChI=1S/C25H33N5S2/c1-5-7-14-31-25(32-15-8-6-2)24(17-27)18(3)19(4)29-21(20-12-10-9-11-13-20)23(24,16-26)22(28)30-25/h9-13,21,29H,5-8,14-15H2,1-4H3,(H2,28,30)/t21-,23+,24+/m1/s1. The average molecular weight is 468 g/mol. The van der Waals surface area contributed by atoms with E-state index >= 15 is 0 Å². The van der Waals surface area contributed by atoms with Crippen molar-refractivity contribution in [3.8, 4) is 12.1 Å². The number of benzene rings is 1. The summed E-state index contributed by atoms with van der Waals surface area (Å²) in [7, 11) is 0. The molecular weight excluding hydrogens is 434 g/mol. The van der Waals surface area contributed by atoms with Crippen LogP contribution >= 0.6 is 23.5 Å². The summed E-state index contributed by atoms with van der Waals surface area (Å²) in [5, 5.41) is 25.3. The number of allylic oxidation sites excluding steroid dienone is 1. The molecule has 3 N–H and O–H groups in total. The number of nitrogens with zero attached hydrogens (tertiary/aromatic N) is 3. The summed E-state index contributed by atoms with van der Waals surface area (Å²) >= 11 is 3.39. The molecular formula is C25H33N5S2. The first-order valence-electron chi connectivity index (χ1n) is 11.4. The van der Waals surface area contributed by atoms with Crippen molar-refractivity contribution in [3.63, 3.8) is 0 Å². The van der Waals surface area contributed by atoms with Gasteiger partial charge in [0.1, 0.15) is 5.84 Å². The van der Waals surface area contributed by atoms with Crippen LogP contribution in [0.2, 0.25) is 0 Å². The predicted molar refractivity (Wildman–Crippen MR) is 136 cm³/mol. The molecule has 2 heterocycles. The molecule has 5 nitrogen and oxygen atoms in total. The molecule has 170 valence electrons. The summed E-state index contributed by atoms with van der Waals surface area (Å²) < 4.78 is -0.855. The van der Waals surface area contributed by atoms with Crippen LogP contribution in [0, 0.1) is 33.5 Å². The van der Waals surface area contributed by atoms with E-state index in [0.717, 1.165) is 54.0 Å². The maximum Gasteiger partial charge on any atom is 0.178 e. The zero-order chi connectivity index (χ0) is 23.4. The minimum absolute atomic E-state index is 0.266. The zero-order valence-corrected chi connectivity index (χ0v) is 21.1. The monoisotopic (exact) mass is 467 g/mol. The van der Waals surface area contributed by atoms with Gasteiger partial charge in [-0.1, -0.05) is 57.0 Å². The van der Waals surface area contributed by atoms with Crippen molar-refractivity contribution < 1.29 is 0 Å². The molecule has 2 aliphatic rings. The van der Waals surface area contributed by atoms with E-state index in [1.165, 1.54) is 0 Å². The van der Waals surface area contributed by atoms with Crippen molar-refractivity contribution in [2.45, 2.75) is 63.6 Å². The van der Waals surface area contributed by atoms with Gasteiger partial charge in [-0.3, -0.25) is 0 Å². The number of fused-ring (bicyclic) bond motifs is 1. The average Bonchev–Trinajstić information content (AvgIpc) is 3.03. The largest absolute Gasteiger partial charge is 0.386 e. The van der Waals surface area contributed by atoms with Gasteiger partial charge in [-0.25, -0.2) is 4.99 Å². The minimum Gasteiger partial charge on any atom is -0.386 e. The van der Waals surface area contributed by atoms with Crippen molar-refractivity contribution in [3.05, 3.63) is 47.2 Å². The number of nitriles is 2. The number of hydrogen-bond donors (Lipinski definition) is 2. The number of nitrogens with one attached hydrogen (secondary N) is 1. The normalized spacial score (nSPS) is 28.3. The molecule has 0 spiro atoms. The van der Waals surface area contributed by atoms with E-state index in [-0.39, 0.29) is 5.84 Å². The maximum atomic E-state index is 10.9. The second-order valence-corrected chi connectivity index (χ2v) is 11.3. The van der Waals surface area contributed by atoms with Crippen LogP contribution in [0.15, 0.2) is 46.6 Å². The third-order valence-corrected chi connectivity index (χ3v) is 9.99. The summed E-state index contributed by atoms with van der Waals surface area (Å²) in [6.07, 6.45) is 4.18. The van der Waals surface area contributed by atoms with Gasteiger partial charge in [0.2, 0.25) is 0 Å². The summed E-state index contributed by atoms with van der Waals surface area (Å²) in [6, 6.07) is 14.6. The van der Waals surface area contributed by atoms with E-state index < -0.39 is 21.1 Å². The molecule has 0 fully saturated rings. The molecule has 1 aromatic rings. The lowest BCUT2D eigenvalue weighted by Crippen LogP contribution is -2.61. The fourth-order valence-electron chi connectivity index (χ4n) is 4.84. The van der Waals surface area contributed by atoms with Crippen LogP contribution in [0.5, 0.6) is 0 Å². The zero-order valence-electron chi connectivity index (χ0n) is 19.4.